The highest BCUT2D eigenvalue weighted by molar-refractivity contribution is 5.55. The number of rotatable bonds is 5. The number of non-ortho nitro benzene ring substituents is 1. The molecule has 7 nitrogen and oxygen atoms in total. The van der Waals surface area contributed by atoms with Crippen molar-refractivity contribution >= 4 is 11.4 Å². The van der Waals surface area contributed by atoms with Gasteiger partial charge in [-0.05, 0) is 31.5 Å². The first-order chi connectivity index (χ1) is 10.0. The van der Waals surface area contributed by atoms with Gasteiger partial charge in [-0.2, -0.15) is 0 Å². The maximum absolute atomic E-state index is 10.9. The predicted octanol–water partition coefficient (Wildman–Crippen LogP) is 1.62. The van der Waals surface area contributed by atoms with E-state index in [1.165, 1.54) is 12.1 Å². The van der Waals surface area contributed by atoms with E-state index in [1.807, 2.05) is 11.9 Å². The Morgan fingerprint density at radius 3 is 2.81 bits per heavy atom. The second-order valence-electron chi connectivity index (χ2n) is 5.58. The molecule has 4 N–H and O–H groups in total. The van der Waals surface area contributed by atoms with E-state index in [0.717, 1.165) is 31.2 Å². The zero-order valence-electron chi connectivity index (χ0n) is 12.2. The van der Waals surface area contributed by atoms with Gasteiger partial charge in [0.15, 0.2) is 0 Å². The van der Waals surface area contributed by atoms with Gasteiger partial charge in [0.05, 0.1) is 16.7 Å². The number of nitro benzene ring substituents is 1. The number of anilines is 1. The summed E-state index contributed by atoms with van der Waals surface area (Å²) in [5, 5.41) is 21.0. The molecular formula is C14H22N4O3. The van der Waals surface area contributed by atoms with Crippen LogP contribution < -0.4 is 11.3 Å². The number of likely N-dealkylation sites (N-methyl/N-ethyl adjacent to an activating group) is 1. The average molecular weight is 294 g/mol. The van der Waals surface area contributed by atoms with E-state index in [1.54, 1.807) is 6.07 Å². The lowest BCUT2D eigenvalue weighted by molar-refractivity contribution is -0.384. The normalized spacial score (nSPS) is 22.3. The second kappa shape index (κ2) is 6.84. The Bertz CT molecular complexity index is 509. The molecule has 1 saturated carbocycles. The fourth-order valence-corrected chi connectivity index (χ4v) is 2.96. The number of hydrogen-bond donors (Lipinski definition) is 3. The maximum atomic E-state index is 10.9. The van der Waals surface area contributed by atoms with Crippen LogP contribution in [0.15, 0.2) is 18.2 Å². The van der Waals surface area contributed by atoms with Gasteiger partial charge in [-0.25, -0.2) is 0 Å². The van der Waals surface area contributed by atoms with Crippen molar-refractivity contribution in [2.75, 3.05) is 12.5 Å². The van der Waals surface area contributed by atoms with Crippen LogP contribution in [0.4, 0.5) is 11.4 Å². The van der Waals surface area contributed by atoms with Gasteiger partial charge in [-0.1, -0.05) is 12.8 Å². The quantitative estimate of drug-likeness (QED) is 0.433. The van der Waals surface area contributed by atoms with E-state index < -0.39 is 4.92 Å². The van der Waals surface area contributed by atoms with Crippen molar-refractivity contribution in [1.29, 1.82) is 0 Å². The molecule has 0 heterocycles. The van der Waals surface area contributed by atoms with E-state index in [4.69, 9.17) is 5.84 Å². The third-order valence-corrected chi connectivity index (χ3v) is 4.13. The Kier molecular flexibility index (Phi) is 5.11. The number of nitrogens with two attached hydrogens (primary N) is 1. The third-order valence-electron chi connectivity index (χ3n) is 4.13. The Balaban J connectivity index is 2.16. The van der Waals surface area contributed by atoms with Crippen molar-refractivity contribution in [3.8, 4) is 0 Å². The SMILES string of the molecule is CN(Cc1cc([N+](=O)[O-])ccc1NN)C1CCCCC1O. The van der Waals surface area contributed by atoms with Gasteiger partial charge in [-0.3, -0.25) is 20.9 Å². The van der Waals surface area contributed by atoms with Crippen molar-refractivity contribution in [2.45, 2.75) is 44.4 Å². The minimum Gasteiger partial charge on any atom is -0.391 e. The molecule has 2 rings (SSSR count). The minimum absolute atomic E-state index is 0.0431. The highest BCUT2D eigenvalue weighted by atomic mass is 16.6. The standard InChI is InChI=1S/C14H22N4O3/c1-17(13-4-2-3-5-14(13)19)9-10-8-11(18(20)21)6-7-12(10)16-15/h6-8,13-14,16,19H,2-5,9,15H2,1H3. The fraction of sp³-hybridized carbons (Fsp3) is 0.571. The topological polar surface area (TPSA) is 105 Å². The van der Waals surface area contributed by atoms with Crippen LogP contribution in [0, 0.1) is 10.1 Å². The van der Waals surface area contributed by atoms with Crippen molar-refractivity contribution in [3.63, 3.8) is 0 Å². The molecule has 1 fully saturated rings. The second-order valence-corrected chi connectivity index (χ2v) is 5.58. The largest absolute Gasteiger partial charge is 0.391 e. The van der Waals surface area contributed by atoms with Gasteiger partial charge < -0.3 is 10.5 Å². The van der Waals surface area contributed by atoms with E-state index in [2.05, 4.69) is 5.43 Å². The molecule has 1 aliphatic carbocycles. The third kappa shape index (κ3) is 3.69. The lowest BCUT2D eigenvalue weighted by Gasteiger charge is -2.35. The molecule has 2 atom stereocenters. The Morgan fingerprint density at radius 2 is 2.19 bits per heavy atom. The molecule has 0 aliphatic heterocycles. The van der Waals surface area contributed by atoms with Crippen LogP contribution in [0.3, 0.4) is 0 Å². The Hall–Kier alpha value is -1.70. The predicted molar refractivity (Wildman–Crippen MR) is 80.6 cm³/mol. The molecule has 0 aromatic heterocycles. The van der Waals surface area contributed by atoms with Crippen molar-refractivity contribution in [2.24, 2.45) is 5.84 Å². The number of hydrogen-bond acceptors (Lipinski definition) is 6. The van der Waals surface area contributed by atoms with E-state index in [9.17, 15) is 15.2 Å². The number of hydrazine groups is 1. The number of benzene rings is 1. The summed E-state index contributed by atoms with van der Waals surface area (Å²) in [5.41, 5.74) is 4.03. The molecule has 21 heavy (non-hydrogen) atoms. The molecular weight excluding hydrogens is 272 g/mol. The summed E-state index contributed by atoms with van der Waals surface area (Å²) in [6, 6.07) is 4.65. The van der Waals surface area contributed by atoms with Crippen LogP contribution >= 0.6 is 0 Å². The van der Waals surface area contributed by atoms with Gasteiger partial charge in [0.25, 0.3) is 5.69 Å². The molecule has 1 aliphatic rings. The summed E-state index contributed by atoms with van der Waals surface area (Å²) in [7, 11) is 1.93. The molecule has 0 saturated heterocycles. The summed E-state index contributed by atoms with van der Waals surface area (Å²) in [6.45, 7) is 0.503. The first kappa shape index (κ1) is 15.7. The Morgan fingerprint density at radius 1 is 1.48 bits per heavy atom. The van der Waals surface area contributed by atoms with Crippen LogP contribution in [0.5, 0.6) is 0 Å². The Labute approximate surface area is 123 Å². The molecule has 0 spiro atoms. The number of nitrogens with zero attached hydrogens (tertiary/aromatic N) is 2. The monoisotopic (exact) mass is 294 g/mol. The fourth-order valence-electron chi connectivity index (χ4n) is 2.96. The van der Waals surface area contributed by atoms with Gasteiger partial charge in [0.1, 0.15) is 0 Å². The van der Waals surface area contributed by atoms with Crippen LogP contribution in [0.1, 0.15) is 31.2 Å². The highest BCUT2D eigenvalue weighted by Gasteiger charge is 2.27. The van der Waals surface area contributed by atoms with Crippen LogP contribution in [0.25, 0.3) is 0 Å². The smallest absolute Gasteiger partial charge is 0.269 e. The van der Waals surface area contributed by atoms with Gasteiger partial charge in [0, 0.05) is 24.7 Å². The minimum atomic E-state index is -0.417. The van der Waals surface area contributed by atoms with Crippen LogP contribution in [-0.4, -0.2) is 34.1 Å². The molecule has 1 aromatic carbocycles. The highest BCUT2D eigenvalue weighted by Crippen LogP contribution is 2.27. The number of nitro groups is 1. The van der Waals surface area contributed by atoms with Gasteiger partial charge >= 0.3 is 0 Å². The van der Waals surface area contributed by atoms with E-state index in [0.29, 0.717) is 12.2 Å². The molecule has 0 bridgehead atoms. The van der Waals surface area contributed by atoms with Crippen LogP contribution in [-0.2, 0) is 6.54 Å². The first-order valence-corrected chi connectivity index (χ1v) is 7.15. The molecule has 1 aromatic rings. The van der Waals surface area contributed by atoms with Crippen molar-refractivity contribution in [3.05, 3.63) is 33.9 Å². The molecule has 7 heteroatoms. The average Bonchev–Trinajstić information content (AvgIpc) is 2.47. The van der Waals surface area contributed by atoms with Crippen LogP contribution in [0.2, 0.25) is 0 Å². The van der Waals surface area contributed by atoms with Gasteiger partial charge in [0.2, 0.25) is 0 Å². The summed E-state index contributed by atoms with van der Waals surface area (Å²) in [6.07, 6.45) is 3.57. The summed E-state index contributed by atoms with van der Waals surface area (Å²) >= 11 is 0. The van der Waals surface area contributed by atoms with E-state index >= 15 is 0 Å². The van der Waals surface area contributed by atoms with E-state index in [-0.39, 0.29) is 17.8 Å². The molecule has 116 valence electrons. The summed E-state index contributed by atoms with van der Waals surface area (Å²) < 4.78 is 0. The summed E-state index contributed by atoms with van der Waals surface area (Å²) in [5.74, 6) is 5.47. The first-order valence-electron chi connectivity index (χ1n) is 7.15. The zero-order chi connectivity index (χ0) is 15.4. The molecule has 2 unspecified atom stereocenters. The lowest BCUT2D eigenvalue weighted by Crippen LogP contribution is -2.43. The lowest BCUT2D eigenvalue weighted by atomic mass is 9.91. The number of aliphatic hydroxyl groups excluding tert-OH is 1. The summed E-state index contributed by atoms with van der Waals surface area (Å²) in [4.78, 5) is 12.5. The number of nitrogens with one attached hydrogen (secondary N) is 1. The zero-order valence-corrected chi connectivity index (χ0v) is 12.2. The maximum Gasteiger partial charge on any atom is 0.269 e. The van der Waals surface area contributed by atoms with Crippen molar-refractivity contribution < 1.29 is 10.0 Å². The molecule has 0 radical (unpaired) electrons. The van der Waals surface area contributed by atoms with Crippen molar-refractivity contribution in [1.82, 2.24) is 4.90 Å². The number of aliphatic hydroxyl groups is 1. The number of nitrogen functional groups attached to an aromatic ring is 1. The van der Waals surface area contributed by atoms with Gasteiger partial charge in [-0.15, -0.1) is 0 Å². The molecule has 0 amide bonds.